The molecule has 0 amide bonds. The molecule has 0 aliphatic heterocycles. The van der Waals surface area contributed by atoms with E-state index < -0.39 is 0 Å². The van der Waals surface area contributed by atoms with Gasteiger partial charge in [-0.3, -0.25) is 0 Å². The molecule has 0 unspecified atom stereocenters. The lowest BCUT2D eigenvalue weighted by Gasteiger charge is -2.24. The first-order chi connectivity index (χ1) is 13.6. The number of halogens is 3. The summed E-state index contributed by atoms with van der Waals surface area (Å²) in [4.78, 5) is 0. The molecule has 0 saturated heterocycles. The quantitative estimate of drug-likeness (QED) is 0.487. The number of nitrogens with zero attached hydrogens (tertiary/aromatic N) is 4. The van der Waals surface area contributed by atoms with E-state index in [4.69, 9.17) is 39.5 Å². The maximum absolute atomic E-state index is 6.36. The van der Waals surface area contributed by atoms with Crippen LogP contribution in [0.2, 0.25) is 15.1 Å². The summed E-state index contributed by atoms with van der Waals surface area (Å²) < 4.78 is 7.97. The predicted octanol–water partition coefficient (Wildman–Crippen LogP) is 6.06. The summed E-state index contributed by atoms with van der Waals surface area (Å²) in [6, 6.07) is 11.0. The molecule has 4 rings (SSSR count). The fraction of sp³-hybridized carbons (Fsp3) is 0.350. The van der Waals surface area contributed by atoms with E-state index in [-0.39, 0.29) is 6.10 Å². The van der Waals surface area contributed by atoms with Crippen molar-refractivity contribution in [3.8, 4) is 17.1 Å². The SMILES string of the molecule is Clc1ccc(OC2CCCCC2)c(Cn2nnnc2-c2cccc(Cl)c2Cl)c1. The number of aromatic nitrogens is 4. The topological polar surface area (TPSA) is 52.8 Å². The number of rotatable bonds is 5. The molecule has 1 saturated carbocycles. The van der Waals surface area contributed by atoms with Crippen molar-refractivity contribution in [2.75, 3.05) is 0 Å². The number of tetrazole rings is 1. The van der Waals surface area contributed by atoms with Gasteiger partial charge >= 0.3 is 0 Å². The Bertz CT molecular complexity index is 970. The molecule has 1 heterocycles. The summed E-state index contributed by atoms with van der Waals surface area (Å²) in [5.41, 5.74) is 1.60. The molecule has 28 heavy (non-hydrogen) atoms. The molecule has 8 heteroatoms. The van der Waals surface area contributed by atoms with Gasteiger partial charge in [0.1, 0.15) is 5.75 Å². The minimum absolute atomic E-state index is 0.240. The second-order valence-electron chi connectivity index (χ2n) is 6.89. The molecule has 1 fully saturated rings. The molecule has 1 aromatic heterocycles. The zero-order chi connectivity index (χ0) is 19.5. The molecule has 0 spiro atoms. The zero-order valence-corrected chi connectivity index (χ0v) is 17.4. The highest BCUT2D eigenvalue weighted by Gasteiger charge is 2.19. The van der Waals surface area contributed by atoms with Crippen LogP contribution in [-0.4, -0.2) is 26.3 Å². The molecular formula is C20H19Cl3N4O. The highest BCUT2D eigenvalue weighted by atomic mass is 35.5. The molecule has 0 N–H and O–H groups in total. The van der Waals surface area contributed by atoms with Crippen LogP contribution in [0.25, 0.3) is 11.4 Å². The second kappa shape index (κ2) is 8.68. The van der Waals surface area contributed by atoms with Crippen molar-refractivity contribution in [3.05, 3.63) is 57.0 Å². The Balaban J connectivity index is 1.64. The average Bonchev–Trinajstić information content (AvgIpc) is 3.15. The summed E-state index contributed by atoms with van der Waals surface area (Å²) in [7, 11) is 0. The highest BCUT2D eigenvalue weighted by Crippen LogP contribution is 2.33. The molecule has 0 radical (unpaired) electrons. The van der Waals surface area contributed by atoms with E-state index in [9.17, 15) is 0 Å². The van der Waals surface area contributed by atoms with Crippen LogP contribution >= 0.6 is 34.8 Å². The number of hydrogen-bond donors (Lipinski definition) is 0. The van der Waals surface area contributed by atoms with Gasteiger partial charge < -0.3 is 4.74 Å². The zero-order valence-electron chi connectivity index (χ0n) is 15.1. The van der Waals surface area contributed by atoms with Crippen LogP contribution in [0.4, 0.5) is 0 Å². The van der Waals surface area contributed by atoms with Gasteiger partial charge in [0.2, 0.25) is 0 Å². The van der Waals surface area contributed by atoms with Crippen LogP contribution < -0.4 is 4.74 Å². The second-order valence-corrected chi connectivity index (χ2v) is 8.11. The molecule has 2 aromatic carbocycles. The summed E-state index contributed by atoms with van der Waals surface area (Å²) in [5.74, 6) is 1.35. The van der Waals surface area contributed by atoms with E-state index in [0.29, 0.717) is 33.0 Å². The van der Waals surface area contributed by atoms with Gasteiger partial charge in [0.25, 0.3) is 0 Å². The van der Waals surface area contributed by atoms with E-state index in [0.717, 1.165) is 24.2 Å². The Labute approximate surface area is 178 Å². The van der Waals surface area contributed by atoms with E-state index in [1.54, 1.807) is 10.7 Å². The Hall–Kier alpha value is -1.82. The van der Waals surface area contributed by atoms with Crippen molar-refractivity contribution in [2.24, 2.45) is 0 Å². The minimum atomic E-state index is 0.240. The van der Waals surface area contributed by atoms with Gasteiger partial charge in [-0.1, -0.05) is 47.3 Å². The first kappa shape index (κ1) is 19.5. The smallest absolute Gasteiger partial charge is 0.183 e. The largest absolute Gasteiger partial charge is 0.490 e. The van der Waals surface area contributed by atoms with Crippen LogP contribution in [0.5, 0.6) is 5.75 Å². The van der Waals surface area contributed by atoms with Crippen LogP contribution in [0.3, 0.4) is 0 Å². The highest BCUT2D eigenvalue weighted by molar-refractivity contribution is 6.43. The van der Waals surface area contributed by atoms with Crippen LogP contribution in [0.1, 0.15) is 37.7 Å². The molecule has 0 atom stereocenters. The Kier molecular flexibility index (Phi) is 6.04. The van der Waals surface area contributed by atoms with E-state index in [2.05, 4.69) is 15.5 Å². The Morgan fingerprint density at radius 2 is 1.86 bits per heavy atom. The fourth-order valence-electron chi connectivity index (χ4n) is 3.49. The predicted molar refractivity (Wildman–Crippen MR) is 111 cm³/mol. The van der Waals surface area contributed by atoms with Gasteiger partial charge in [-0.05, 0) is 66.4 Å². The van der Waals surface area contributed by atoms with Crippen molar-refractivity contribution in [1.29, 1.82) is 0 Å². The Morgan fingerprint density at radius 3 is 2.68 bits per heavy atom. The third-order valence-electron chi connectivity index (χ3n) is 4.91. The van der Waals surface area contributed by atoms with Crippen molar-refractivity contribution < 1.29 is 4.74 Å². The minimum Gasteiger partial charge on any atom is -0.490 e. The van der Waals surface area contributed by atoms with Gasteiger partial charge in [-0.25, -0.2) is 4.68 Å². The van der Waals surface area contributed by atoms with E-state index in [1.165, 1.54) is 19.3 Å². The first-order valence-corrected chi connectivity index (χ1v) is 10.4. The summed E-state index contributed by atoms with van der Waals surface area (Å²) in [6.07, 6.45) is 6.09. The molecule has 3 aromatic rings. The summed E-state index contributed by atoms with van der Waals surface area (Å²) >= 11 is 18.8. The monoisotopic (exact) mass is 436 g/mol. The molecule has 0 bridgehead atoms. The lowest BCUT2D eigenvalue weighted by molar-refractivity contribution is 0.153. The third kappa shape index (κ3) is 4.27. The van der Waals surface area contributed by atoms with E-state index in [1.807, 2.05) is 30.3 Å². The molecule has 1 aliphatic rings. The fourth-order valence-corrected chi connectivity index (χ4v) is 4.07. The molecule has 1 aliphatic carbocycles. The first-order valence-electron chi connectivity index (χ1n) is 9.27. The van der Waals surface area contributed by atoms with Gasteiger partial charge in [0, 0.05) is 16.1 Å². The lowest BCUT2D eigenvalue weighted by Crippen LogP contribution is -2.20. The van der Waals surface area contributed by atoms with Crippen molar-refractivity contribution in [3.63, 3.8) is 0 Å². The van der Waals surface area contributed by atoms with E-state index >= 15 is 0 Å². The number of hydrogen-bond acceptors (Lipinski definition) is 4. The maximum atomic E-state index is 6.36. The van der Waals surface area contributed by atoms with Crippen LogP contribution in [0, 0.1) is 0 Å². The van der Waals surface area contributed by atoms with Crippen molar-refractivity contribution in [2.45, 2.75) is 44.8 Å². The van der Waals surface area contributed by atoms with Crippen molar-refractivity contribution in [1.82, 2.24) is 20.2 Å². The summed E-state index contributed by atoms with van der Waals surface area (Å²) in [5, 5.41) is 13.6. The van der Waals surface area contributed by atoms with Crippen molar-refractivity contribution >= 4 is 34.8 Å². The van der Waals surface area contributed by atoms with Gasteiger partial charge in [0.05, 0.1) is 22.7 Å². The molecule has 146 valence electrons. The van der Waals surface area contributed by atoms with Crippen LogP contribution in [0.15, 0.2) is 36.4 Å². The molecule has 5 nitrogen and oxygen atoms in total. The normalized spacial score (nSPS) is 15.0. The molecular weight excluding hydrogens is 419 g/mol. The third-order valence-corrected chi connectivity index (χ3v) is 5.97. The standard InChI is InChI=1S/C20H19Cl3N4O/c21-14-9-10-18(28-15-5-2-1-3-6-15)13(11-14)12-27-20(24-25-26-27)16-7-4-8-17(22)19(16)23/h4,7-11,15H,1-3,5-6,12H2. The Morgan fingerprint density at radius 1 is 1.04 bits per heavy atom. The number of ether oxygens (including phenoxy) is 1. The van der Waals surface area contributed by atoms with Gasteiger partial charge in [0.15, 0.2) is 5.82 Å². The van der Waals surface area contributed by atoms with Gasteiger partial charge in [-0.15, -0.1) is 5.10 Å². The van der Waals surface area contributed by atoms with Gasteiger partial charge in [-0.2, -0.15) is 0 Å². The average molecular weight is 438 g/mol. The number of benzene rings is 2. The summed E-state index contributed by atoms with van der Waals surface area (Å²) in [6.45, 7) is 0.411. The maximum Gasteiger partial charge on any atom is 0.183 e. The van der Waals surface area contributed by atoms with Crippen LogP contribution in [-0.2, 0) is 6.54 Å². The lowest BCUT2D eigenvalue weighted by atomic mass is 9.97.